The molecular formula is C16H24N4O3. The first-order valence-electron chi connectivity index (χ1n) is 7.67. The second kappa shape index (κ2) is 6.44. The predicted octanol–water partition coefficient (Wildman–Crippen LogP) is 2.10. The molecule has 0 aliphatic carbocycles. The van der Waals surface area contributed by atoms with Gasteiger partial charge in [0.2, 0.25) is 0 Å². The van der Waals surface area contributed by atoms with Crippen LogP contribution in [-0.2, 0) is 17.2 Å². The Bertz CT molecular complexity index is 615. The molecule has 7 heteroatoms. The van der Waals surface area contributed by atoms with Gasteiger partial charge in [0.25, 0.3) is 5.91 Å². The number of nitrogens with zero attached hydrogens (tertiary/aromatic N) is 4. The quantitative estimate of drug-likeness (QED) is 0.800. The minimum atomic E-state index is -0.533. The van der Waals surface area contributed by atoms with Crippen molar-refractivity contribution in [3.05, 3.63) is 30.1 Å². The van der Waals surface area contributed by atoms with Crippen molar-refractivity contribution in [1.29, 1.82) is 0 Å². The minimum Gasteiger partial charge on any atom is -0.444 e. The Balaban J connectivity index is 2.20. The molecule has 1 aromatic heterocycles. The van der Waals surface area contributed by atoms with Crippen LogP contribution in [0.1, 0.15) is 43.4 Å². The van der Waals surface area contributed by atoms with Crippen LogP contribution < -0.4 is 0 Å². The Morgan fingerprint density at radius 3 is 2.57 bits per heavy atom. The Kier molecular flexibility index (Phi) is 4.77. The second-order valence-corrected chi connectivity index (χ2v) is 6.56. The van der Waals surface area contributed by atoms with Crippen LogP contribution >= 0.6 is 0 Å². The number of amides is 2. The van der Waals surface area contributed by atoms with Gasteiger partial charge in [-0.05, 0) is 12.5 Å². The normalized spacial score (nSPS) is 15.0. The fraction of sp³-hybridized carbons (Fsp3) is 0.562. The third-order valence-corrected chi connectivity index (χ3v) is 3.67. The van der Waals surface area contributed by atoms with Crippen molar-refractivity contribution in [1.82, 2.24) is 19.8 Å². The van der Waals surface area contributed by atoms with Gasteiger partial charge in [0.1, 0.15) is 12.3 Å². The van der Waals surface area contributed by atoms with Crippen molar-refractivity contribution < 1.29 is 14.3 Å². The molecule has 0 atom stereocenters. The van der Waals surface area contributed by atoms with Crippen LogP contribution in [0.15, 0.2) is 18.7 Å². The monoisotopic (exact) mass is 320 g/mol. The van der Waals surface area contributed by atoms with Gasteiger partial charge in [-0.3, -0.25) is 9.48 Å². The Morgan fingerprint density at radius 2 is 2.00 bits per heavy atom. The molecule has 1 aliphatic rings. The minimum absolute atomic E-state index is 0.122. The highest BCUT2D eigenvalue weighted by Crippen LogP contribution is 2.23. The lowest BCUT2D eigenvalue weighted by Gasteiger charge is -2.26. The van der Waals surface area contributed by atoms with E-state index in [2.05, 4.69) is 11.7 Å². The molecule has 0 N–H and O–H groups in total. The number of hydrazine groups is 1. The highest BCUT2D eigenvalue weighted by atomic mass is 16.6. The summed E-state index contributed by atoms with van der Waals surface area (Å²) in [7, 11) is 1.74. The van der Waals surface area contributed by atoms with Crippen LogP contribution in [0.25, 0.3) is 0 Å². The van der Waals surface area contributed by atoms with E-state index in [0.717, 1.165) is 12.1 Å². The predicted molar refractivity (Wildman–Crippen MR) is 85.8 cm³/mol. The topological polar surface area (TPSA) is 67.7 Å². The molecule has 2 rings (SSSR count). The standard InChI is InChI=1S/C16H24N4O3/c1-6-10-23-15(22)20-9-7-8-19(20)14(21)12-11-13(16(2,3)4)17-18(12)5/h6,11H,1,7-10H2,2-5H3. The van der Waals surface area contributed by atoms with E-state index in [9.17, 15) is 9.59 Å². The molecule has 2 heterocycles. The molecule has 1 fully saturated rings. The molecule has 0 spiro atoms. The summed E-state index contributed by atoms with van der Waals surface area (Å²) in [5, 5.41) is 7.18. The summed E-state index contributed by atoms with van der Waals surface area (Å²) in [6, 6.07) is 1.79. The fourth-order valence-electron chi connectivity index (χ4n) is 2.38. The van der Waals surface area contributed by atoms with Crippen LogP contribution in [0.4, 0.5) is 4.79 Å². The first kappa shape index (κ1) is 17.1. The summed E-state index contributed by atoms with van der Waals surface area (Å²) < 4.78 is 6.60. The zero-order valence-corrected chi connectivity index (χ0v) is 14.2. The summed E-state index contributed by atoms with van der Waals surface area (Å²) in [6.07, 6.45) is 1.68. The molecule has 0 unspecified atom stereocenters. The molecule has 1 saturated heterocycles. The molecule has 7 nitrogen and oxygen atoms in total. The van der Waals surface area contributed by atoms with E-state index < -0.39 is 6.09 Å². The molecule has 23 heavy (non-hydrogen) atoms. The average Bonchev–Trinajstić information content (AvgIpc) is 3.10. The summed E-state index contributed by atoms with van der Waals surface area (Å²) >= 11 is 0. The van der Waals surface area contributed by atoms with Crippen LogP contribution in [0.5, 0.6) is 0 Å². The Hall–Kier alpha value is -2.31. The van der Waals surface area contributed by atoms with E-state index in [4.69, 9.17) is 4.74 Å². The van der Waals surface area contributed by atoms with Gasteiger partial charge in [-0.1, -0.05) is 33.4 Å². The first-order chi connectivity index (χ1) is 10.8. The summed E-state index contributed by atoms with van der Waals surface area (Å²) in [5.41, 5.74) is 1.14. The fourth-order valence-corrected chi connectivity index (χ4v) is 2.38. The van der Waals surface area contributed by atoms with Crippen molar-refractivity contribution in [2.45, 2.75) is 32.6 Å². The van der Waals surface area contributed by atoms with Crippen LogP contribution in [0.2, 0.25) is 0 Å². The summed E-state index contributed by atoms with van der Waals surface area (Å²) in [6.45, 7) is 10.7. The smallest absolute Gasteiger partial charge is 0.429 e. The maximum absolute atomic E-state index is 12.8. The summed E-state index contributed by atoms with van der Waals surface area (Å²) in [4.78, 5) is 24.8. The van der Waals surface area contributed by atoms with Gasteiger partial charge in [0, 0.05) is 25.6 Å². The van der Waals surface area contributed by atoms with Crippen molar-refractivity contribution >= 4 is 12.0 Å². The molecule has 0 bridgehead atoms. The third kappa shape index (κ3) is 3.55. The van der Waals surface area contributed by atoms with Gasteiger partial charge in [0.15, 0.2) is 0 Å². The van der Waals surface area contributed by atoms with E-state index in [1.807, 2.05) is 20.8 Å². The summed E-state index contributed by atoms with van der Waals surface area (Å²) in [5.74, 6) is -0.247. The number of carbonyl (C=O) groups excluding carboxylic acids is 2. The van der Waals surface area contributed by atoms with Crippen LogP contribution in [-0.4, -0.2) is 51.5 Å². The Morgan fingerprint density at radius 1 is 1.35 bits per heavy atom. The lowest BCUT2D eigenvalue weighted by molar-refractivity contribution is 0.0153. The molecule has 0 radical (unpaired) electrons. The largest absolute Gasteiger partial charge is 0.444 e. The molecular weight excluding hydrogens is 296 g/mol. The first-order valence-corrected chi connectivity index (χ1v) is 7.67. The van der Waals surface area contributed by atoms with Crippen molar-refractivity contribution in [3.8, 4) is 0 Å². The van der Waals surface area contributed by atoms with Gasteiger partial charge in [-0.2, -0.15) is 5.10 Å². The van der Waals surface area contributed by atoms with E-state index in [-0.39, 0.29) is 17.9 Å². The highest BCUT2D eigenvalue weighted by molar-refractivity contribution is 5.93. The van der Waals surface area contributed by atoms with E-state index in [1.54, 1.807) is 17.8 Å². The van der Waals surface area contributed by atoms with E-state index in [1.165, 1.54) is 16.1 Å². The van der Waals surface area contributed by atoms with Crippen molar-refractivity contribution in [3.63, 3.8) is 0 Å². The van der Waals surface area contributed by atoms with E-state index >= 15 is 0 Å². The maximum Gasteiger partial charge on any atom is 0.429 e. The average molecular weight is 320 g/mol. The zero-order valence-electron chi connectivity index (χ0n) is 14.2. The lowest BCUT2D eigenvalue weighted by atomic mass is 9.92. The van der Waals surface area contributed by atoms with Crippen molar-refractivity contribution in [2.24, 2.45) is 7.05 Å². The highest BCUT2D eigenvalue weighted by Gasteiger charge is 2.34. The Labute approximate surface area is 136 Å². The van der Waals surface area contributed by atoms with Gasteiger partial charge in [0.05, 0.1) is 5.69 Å². The maximum atomic E-state index is 12.8. The van der Waals surface area contributed by atoms with Gasteiger partial charge in [-0.25, -0.2) is 14.8 Å². The molecule has 126 valence electrons. The number of aryl methyl sites for hydroxylation is 1. The van der Waals surface area contributed by atoms with Crippen molar-refractivity contribution in [2.75, 3.05) is 19.7 Å². The lowest BCUT2D eigenvalue weighted by Crippen LogP contribution is -2.45. The second-order valence-electron chi connectivity index (χ2n) is 6.56. The zero-order chi connectivity index (χ0) is 17.2. The molecule has 2 amide bonds. The third-order valence-electron chi connectivity index (χ3n) is 3.67. The number of hydrogen-bond acceptors (Lipinski definition) is 4. The molecule has 1 aromatic rings. The number of rotatable bonds is 3. The molecule has 0 aromatic carbocycles. The van der Waals surface area contributed by atoms with E-state index in [0.29, 0.717) is 18.8 Å². The van der Waals surface area contributed by atoms with Gasteiger partial charge in [-0.15, -0.1) is 0 Å². The number of hydrogen-bond donors (Lipinski definition) is 0. The number of aromatic nitrogens is 2. The van der Waals surface area contributed by atoms with Gasteiger partial charge < -0.3 is 4.74 Å². The van der Waals surface area contributed by atoms with Gasteiger partial charge >= 0.3 is 6.09 Å². The molecule has 1 aliphatic heterocycles. The van der Waals surface area contributed by atoms with Crippen LogP contribution in [0, 0.1) is 0 Å². The van der Waals surface area contributed by atoms with Crippen LogP contribution in [0.3, 0.4) is 0 Å². The SMILES string of the molecule is C=CCOC(=O)N1CCCN1C(=O)c1cc(C(C)(C)C)nn1C. The molecule has 0 saturated carbocycles. The number of ether oxygens (including phenoxy) is 1. The number of carbonyl (C=O) groups is 2.